The molecule has 4 aromatic carbocycles. The van der Waals surface area contributed by atoms with Gasteiger partial charge >= 0.3 is 0 Å². The molecular formula is C43H54N2O3S. The highest BCUT2D eigenvalue weighted by Crippen LogP contribution is 2.44. The van der Waals surface area contributed by atoms with E-state index >= 15 is 0 Å². The first-order valence-electron chi connectivity index (χ1n) is 18.2. The molecule has 1 aliphatic heterocycles. The molecule has 0 N–H and O–H groups in total. The molecule has 0 amide bonds. The highest BCUT2D eigenvalue weighted by Gasteiger charge is 2.47. The van der Waals surface area contributed by atoms with Crippen LogP contribution in [0.3, 0.4) is 0 Å². The molecule has 0 radical (unpaired) electrons. The van der Waals surface area contributed by atoms with Gasteiger partial charge in [-0.05, 0) is 66.6 Å². The summed E-state index contributed by atoms with van der Waals surface area (Å²) < 4.78 is 35.8. The molecule has 1 fully saturated rings. The van der Waals surface area contributed by atoms with Gasteiger partial charge in [0.25, 0.3) is 0 Å². The first-order chi connectivity index (χ1) is 24.0. The average Bonchev–Trinajstić information content (AvgIpc) is 3.15. The Morgan fingerprint density at radius 2 is 1.18 bits per heavy atom. The monoisotopic (exact) mass is 678 g/mol. The SMILES string of the molecule is CCCC/C=C/CCCCCCCC1CN(C(c2ccccc2)(c2ccccc2)c2ccccc2)CCN1S(=O)(=O)c1ccc(OC)cc1. The largest absolute Gasteiger partial charge is 0.497 e. The van der Waals surface area contributed by atoms with Crippen LogP contribution in [0.1, 0.15) is 87.8 Å². The molecule has 0 bridgehead atoms. The van der Waals surface area contributed by atoms with Gasteiger partial charge < -0.3 is 4.74 Å². The van der Waals surface area contributed by atoms with Crippen LogP contribution in [0, 0.1) is 0 Å². The van der Waals surface area contributed by atoms with Crippen LogP contribution in [0.2, 0.25) is 0 Å². The van der Waals surface area contributed by atoms with Crippen LogP contribution in [-0.4, -0.2) is 50.4 Å². The maximum absolute atomic E-state index is 14.3. The summed E-state index contributed by atoms with van der Waals surface area (Å²) in [6.07, 6.45) is 16.0. The lowest BCUT2D eigenvalue weighted by molar-refractivity contribution is 0.0664. The zero-order chi connectivity index (χ0) is 34.4. The molecule has 4 aromatic rings. The van der Waals surface area contributed by atoms with Crippen molar-refractivity contribution in [3.8, 4) is 5.75 Å². The Hall–Kier alpha value is -3.71. The summed E-state index contributed by atoms with van der Waals surface area (Å²) in [5, 5.41) is 0. The van der Waals surface area contributed by atoms with Crippen LogP contribution in [-0.2, 0) is 15.6 Å². The van der Waals surface area contributed by atoms with Crippen molar-refractivity contribution in [3.05, 3.63) is 144 Å². The molecule has 0 saturated carbocycles. The molecule has 1 atom stereocenters. The molecule has 0 aliphatic carbocycles. The Labute approximate surface area is 295 Å². The number of hydrogen-bond acceptors (Lipinski definition) is 4. The quantitative estimate of drug-likeness (QED) is 0.0597. The number of sulfonamides is 1. The Kier molecular flexibility index (Phi) is 13.7. The lowest BCUT2D eigenvalue weighted by Crippen LogP contribution is -2.61. The van der Waals surface area contributed by atoms with E-state index < -0.39 is 15.6 Å². The molecule has 1 unspecified atom stereocenters. The van der Waals surface area contributed by atoms with E-state index in [4.69, 9.17) is 4.74 Å². The normalized spacial score (nSPS) is 16.2. The van der Waals surface area contributed by atoms with Crippen molar-refractivity contribution in [2.45, 2.75) is 87.6 Å². The van der Waals surface area contributed by atoms with Crippen LogP contribution in [0.5, 0.6) is 5.75 Å². The summed E-state index contributed by atoms with van der Waals surface area (Å²) >= 11 is 0. The van der Waals surface area contributed by atoms with E-state index in [1.807, 2.05) is 0 Å². The van der Waals surface area contributed by atoms with Gasteiger partial charge in [0.2, 0.25) is 10.0 Å². The Morgan fingerprint density at radius 1 is 0.673 bits per heavy atom. The zero-order valence-electron chi connectivity index (χ0n) is 29.4. The van der Waals surface area contributed by atoms with Crippen molar-refractivity contribution in [2.24, 2.45) is 0 Å². The van der Waals surface area contributed by atoms with E-state index in [0.717, 1.165) is 25.7 Å². The Balaban J connectivity index is 1.43. The van der Waals surface area contributed by atoms with E-state index in [-0.39, 0.29) is 6.04 Å². The predicted octanol–water partition coefficient (Wildman–Crippen LogP) is 9.84. The Morgan fingerprint density at radius 3 is 1.71 bits per heavy atom. The van der Waals surface area contributed by atoms with Gasteiger partial charge in [-0.15, -0.1) is 0 Å². The molecule has 1 saturated heterocycles. The van der Waals surface area contributed by atoms with Crippen molar-refractivity contribution in [1.82, 2.24) is 9.21 Å². The van der Waals surface area contributed by atoms with Gasteiger partial charge in [0.15, 0.2) is 0 Å². The summed E-state index contributed by atoms with van der Waals surface area (Å²) in [5.74, 6) is 0.648. The second kappa shape index (κ2) is 18.3. The number of unbranched alkanes of at least 4 members (excludes halogenated alkanes) is 7. The molecule has 6 heteroatoms. The third-order valence-electron chi connectivity index (χ3n) is 9.94. The lowest BCUT2D eigenvalue weighted by Gasteiger charge is -2.51. The van der Waals surface area contributed by atoms with Crippen molar-refractivity contribution >= 4 is 10.0 Å². The number of ether oxygens (including phenoxy) is 1. The van der Waals surface area contributed by atoms with Crippen LogP contribution in [0.4, 0.5) is 0 Å². The molecule has 1 heterocycles. The van der Waals surface area contributed by atoms with Crippen LogP contribution >= 0.6 is 0 Å². The predicted molar refractivity (Wildman–Crippen MR) is 202 cm³/mol. The first kappa shape index (κ1) is 36.6. The summed E-state index contributed by atoms with van der Waals surface area (Å²) in [6.45, 7) is 3.86. The molecule has 0 aromatic heterocycles. The van der Waals surface area contributed by atoms with E-state index in [0.29, 0.717) is 30.3 Å². The molecule has 5 nitrogen and oxygen atoms in total. The number of hydrogen-bond donors (Lipinski definition) is 0. The first-order valence-corrected chi connectivity index (χ1v) is 19.7. The topological polar surface area (TPSA) is 49.9 Å². The minimum atomic E-state index is -3.72. The summed E-state index contributed by atoms with van der Waals surface area (Å²) in [7, 11) is -2.12. The van der Waals surface area contributed by atoms with Crippen LogP contribution < -0.4 is 4.74 Å². The maximum atomic E-state index is 14.3. The molecule has 49 heavy (non-hydrogen) atoms. The van der Waals surface area contributed by atoms with Crippen molar-refractivity contribution in [3.63, 3.8) is 0 Å². The second-order valence-corrected chi connectivity index (χ2v) is 15.0. The minimum absolute atomic E-state index is 0.169. The molecule has 1 aliphatic rings. The smallest absolute Gasteiger partial charge is 0.243 e. The number of rotatable bonds is 18. The fraction of sp³-hybridized carbons (Fsp3) is 0.395. The standard InChI is InChI=1S/C43H54N2O3S/c1-3-4-5-6-7-8-9-10-11-12-22-29-40-36-44(34-35-45(40)49(46,47)42-32-30-41(48-2)31-33-42)43(37-23-16-13-17-24-37,38-25-18-14-19-26-38)39-27-20-15-21-28-39/h6-7,13-21,23-28,30-33,40H,3-5,8-12,22,29,34-36H2,1-2H3/b7-6+. The van der Waals surface area contributed by atoms with E-state index in [2.05, 4.69) is 115 Å². The molecule has 260 valence electrons. The highest BCUT2D eigenvalue weighted by atomic mass is 32.2. The number of benzene rings is 4. The second-order valence-electron chi connectivity index (χ2n) is 13.2. The highest BCUT2D eigenvalue weighted by molar-refractivity contribution is 7.89. The third-order valence-corrected chi connectivity index (χ3v) is 11.9. The maximum Gasteiger partial charge on any atom is 0.243 e. The van der Waals surface area contributed by atoms with Gasteiger partial charge in [-0.1, -0.05) is 149 Å². The number of allylic oxidation sites excluding steroid dienone is 2. The van der Waals surface area contributed by atoms with E-state index in [1.165, 1.54) is 55.2 Å². The lowest BCUT2D eigenvalue weighted by atomic mass is 9.75. The zero-order valence-corrected chi connectivity index (χ0v) is 30.2. The third kappa shape index (κ3) is 8.91. The fourth-order valence-corrected chi connectivity index (χ4v) is 9.03. The summed E-state index contributed by atoms with van der Waals surface area (Å²) in [5.41, 5.74) is 2.96. The number of methoxy groups -OCH3 is 1. The van der Waals surface area contributed by atoms with E-state index in [1.54, 1.807) is 35.7 Å². The van der Waals surface area contributed by atoms with Crippen molar-refractivity contribution in [1.29, 1.82) is 0 Å². The van der Waals surface area contributed by atoms with Gasteiger partial charge in [-0.25, -0.2) is 8.42 Å². The Bertz CT molecular complexity index is 1560. The average molecular weight is 679 g/mol. The van der Waals surface area contributed by atoms with Crippen molar-refractivity contribution in [2.75, 3.05) is 26.7 Å². The number of piperazine rings is 1. The van der Waals surface area contributed by atoms with Crippen LogP contribution in [0.15, 0.2) is 132 Å². The van der Waals surface area contributed by atoms with Gasteiger partial charge in [-0.3, -0.25) is 4.90 Å². The van der Waals surface area contributed by atoms with Gasteiger partial charge in [0.1, 0.15) is 5.75 Å². The molecular weight excluding hydrogens is 625 g/mol. The fourth-order valence-electron chi connectivity index (χ4n) is 7.39. The molecule has 0 spiro atoms. The van der Waals surface area contributed by atoms with Crippen molar-refractivity contribution < 1.29 is 13.2 Å². The molecule has 5 rings (SSSR count). The van der Waals surface area contributed by atoms with Crippen LogP contribution in [0.25, 0.3) is 0 Å². The summed E-state index contributed by atoms with van der Waals surface area (Å²) in [6, 6.07) is 38.8. The summed E-state index contributed by atoms with van der Waals surface area (Å²) in [4.78, 5) is 2.86. The van der Waals surface area contributed by atoms with Gasteiger partial charge in [0, 0.05) is 25.7 Å². The number of nitrogens with zero attached hydrogens (tertiary/aromatic N) is 2. The van der Waals surface area contributed by atoms with Gasteiger partial charge in [0.05, 0.1) is 17.5 Å². The van der Waals surface area contributed by atoms with Gasteiger partial charge in [-0.2, -0.15) is 4.31 Å². The minimum Gasteiger partial charge on any atom is -0.497 e. The van der Waals surface area contributed by atoms with E-state index in [9.17, 15) is 8.42 Å².